The number of nitrogens with one attached hydrogen (secondary N) is 1. The third-order valence-electron chi connectivity index (χ3n) is 3.69. The van der Waals surface area contributed by atoms with E-state index in [0.29, 0.717) is 26.7 Å². The minimum Gasteiger partial charge on any atom is -0.330 e. The molecule has 110 valence electrons. The van der Waals surface area contributed by atoms with Gasteiger partial charge in [0.15, 0.2) is 4.77 Å². The van der Waals surface area contributed by atoms with E-state index in [1.807, 2.05) is 0 Å². The van der Waals surface area contributed by atoms with Crippen LogP contribution in [-0.2, 0) is 9.59 Å². The van der Waals surface area contributed by atoms with Crippen molar-refractivity contribution in [1.82, 2.24) is 14.5 Å². The lowest BCUT2D eigenvalue weighted by atomic mass is 10.0. The number of aromatic nitrogens is 2. The van der Waals surface area contributed by atoms with Crippen molar-refractivity contribution in [3.63, 3.8) is 0 Å². The van der Waals surface area contributed by atoms with Crippen LogP contribution in [0, 0.1) is 10.6 Å². The molecular weight excluding hydrogens is 361 g/mol. The van der Waals surface area contributed by atoms with E-state index < -0.39 is 11.9 Å². The molecule has 21 heavy (non-hydrogen) atoms. The highest BCUT2D eigenvalue weighted by Crippen LogP contribution is 2.30. The molecule has 8 heteroatoms. The van der Waals surface area contributed by atoms with E-state index in [1.165, 1.54) is 13.1 Å². The topological polar surface area (TPSA) is 58.1 Å². The molecule has 1 aromatic heterocycles. The number of halogens is 2. The molecule has 2 amide bonds. The number of likely N-dealkylation sites (N-methyl/N-ethyl adjacent to an activating group) is 1. The maximum absolute atomic E-state index is 13.6. The lowest BCUT2D eigenvalue weighted by molar-refractivity contribution is -0.149. The van der Waals surface area contributed by atoms with Crippen molar-refractivity contribution in [2.24, 2.45) is 0 Å². The second kappa shape index (κ2) is 5.03. The van der Waals surface area contributed by atoms with Crippen molar-refractivity contribution in [2.75, 3.05) is 7.05 Å². The Bertz CT molecular complexity index is 829. The van der Waals surface area contributed by atoms with Crippen LogP contribution in [0.3, 0.4) is 0 Å². The van der Waals surface area contributed by atoms with E-state index in [1.54, 1.807) is 10.6 Å². The van der Waals surface area contributed by atoms with E-state index >= 15 is 0 Å². The van der Waals surface area contributed by atoms with Gasteiger partial charge in [-0.25, -0.2) is 4.39 Å². The van der Waals surface area contributed by atoms with Crippen LogP contribution < -0.4 is 0 Å². The van der Waals surface area contributed by atoms with Crippen molar-refractivity contribution in [3.8, 4) is 0 Å². The molecule has 1 atom stereocenters. The lowest BCUT2D eigenvalue weighted by Gasteiger charge is -2.28. The Labute approximate surface area is 132 Å². The van der Waals surface area contributed by atoms with E-state index in [2.05, 4.69) is 20.9 Å². The number of hydrogen-bond acceptors (Lipinski definition) is 3. The fourth-order valence-corrected chi connectivity index (χ4v) is 3.23. The molecule has 2 aromatic rings. The maximum Gasteiger partial charge on any atom is 0.252 e. The summed E-state index contributed by atoms with van der Waals surface area (Å²) in [6.07, 6.45) is 0.669. The monoisotopic (exact) mass is 371 g/mol. The summed E-state index contributed by atoms with van der Waals surface area (Å²) < 4.78 is 15.9. The lowest BCUT2D eigenvalue weighted by Crippen LogP contribution is -2.43. The van der Waals surface area contributed by atoms with Gasteiger partial charge in [0.25, 0.3) is 5.91 Å². The van der Waals surface area contributed by atoms with E-state index in [-0.39, 0.29) is 18.2 Å². The largest absolute Gasteiger partial charge is 0.330 e. The molecule has 3 rings (SSSR count). The third kappa shape index (κ3) is 2.22. The van der Waals surface area contributed by atoms with E-state index in [4.69, 9.17) is 12.2 Å². The van der Waals surface area contributed by atoms with Gasteiger partial charge in [-0.3, -0.25) is 14.5 Å². The molecule has 0 bridgehead atoms. The van der Waals surface area contributed by atoms with Gasteiger partial charge in [0.1, 0.15) is 11.9 Å². The minimum absolute atomic E-state index is 0.199. The van der Waals surface area contributed by atoms with Crippen LogP contribution >= 0.6 is 28.1 Å². The van der Waals surface area contributed by atoms with E-state index in [0.717, 1.165) is 4.90 Å². The molecule has 1 saturated heterocycles. The van der Waals surface area contributed by atoms with Gasteiger partial charge in [0.05, 0.1) is 15.5 Å². The Balaban J connectivity index is 2.19. The van der Waals surface area contributed by atoms with E-state index in [9.17, 15) is 14.0 Å². The molecule has 1 unspecified atom stereocenters. The number of rotatable bonds is 1. The standard InChI is InChI=1S/C13H11BrFN3O2S/c1-17-11(19)3-2-9(12(17)20)18-10-4-6(14)7(15)5-8(10)16-13(18)21/h4-5,9H,2-3H2,1H3,(H,16,21). The summed E-state index contributed by atoms with van der Waals surface area (Å²) in [6.45, 7) is 0. The number of fused-ring (bicyclic) bond motifs is 1. The number of benzene rings is 1. The van der Waals surface area contributed by atoms with Crippen molar-refractivity contribution < 1.29 is 14.0 Å². The van der Waals surface area contributed by atoms with Crippen molar-refractivity contribution >= 4 is 51.0 Å². The van der Waals surface area contributed by atoms with Crippen LogP contribution in [0.4, 0.5) is 4.39 Å². The van der Waals surface area contributed by atoms with Gasteiger partial charge >= 0.3 is 0 Å². The van der Waals surface area contributed by atoms with Crippen LogP contribution in [0.1, 0.15) is 18.9 Å². The van der Waals surface area contributed by atoms with Crippen molar-refractivity contribution in [2.45, 2.75) is 18.9 Å². The van der Waals surface area contributed by atoms with Crippen LogP contribution in [0.25, 0.3) is 11.0 Å². The maximum atomic E-state index is 13.6. The smallest absolute Gasteiger partial charge is 0.252 e. The molecule has 0 radical (unpaired) electrons. The van der Waals surface area contributed by atoms with Gasteiger partial charge in [-0.05, 0) is 40.6 Å². The summed E-state index contributed by atoms with van der Waals surface area (Å²) in [4.78, 5) is 27.9. The van der Waals surface area contributed by atoms with Crippen LogP contribution in [-0.4, -0.2) is 33.3 Å². The Morgan fingerprint density at radius 2 is 2.14 bits per heavy atom. The highest BCUT2D eigenvalue weighted by molar-refractivity contribution is 9.10. The molecule has 1 aromatic carbocycles. The number of piperidine rings is 1. The molecule has 0 saturated carbocycles. The number of H-pyrrole nitrogens is 1. The number of hydrogen-bond donors (Lipinski definition) is 1. The summed E-state index contributed by atoms with van der Waals surface area (Å²) in [5, 5.41) is 0. The molecule has 5 nitrogen and oxygen atoms in total. The number of likely N-dealkylation sites (tertiary alicyclic amines) is 1. The van der Waals surface area contributed by atoms with Gasteiger partial charge in [0.2, 0.25) is 5.91 Å². The zero-order chi connectivity index (χ0) is 15.3. The van der Waals surface area contributed by atoms with Gasteiger partial charge in [-0.2, -0.15) is 0 Å². The fourth-order valence-electron chi connectivity index (χ4n) is 2.57. The van der Waals surface area contributed by atoms with Crippen LogP contribution in [0.5, 0.6) is 0 Å². The first-order valence-corrected chi connectivity index (χ1v) is 7.50. The zero-order valence-corrected chi connectivity index (χ0v) is 13.4. The van der Waals surface area contributed by atoms with Gasteiger partial charge in [-0.1, -0.05) is 0 Å². The van der Waals surface area contributed by atoms with Crippen LogP contribution in [0.15, 0.2) is 16.6 Å². The average Bonchev–Trinajstić information content (AvgIpc) is 2.73. The summed E-state index contributed by atoms with van der Waals surface area (Å²) in [7, 11) is 1.46. The Morgan fingerprint density at radius 1 is 1.43 bits per heavy atom. The minimum atomic E-state index is -0.550. The summed E-state index contributed by atoms with van der Waals surface area (Å²) in [6, 6.07) is 2.36. The van der Waals surface area contributed by atoms with Crippen LogP contribution in [0.2, 0.25) is 0 Å². The third-order valence-corrected chi connectivity index (χ3v) is 4.60. The number of aromatic amines is 1. The quantitative estimate of drug-likeness (QED) is 0.619. The first-order valence-electron chi connectivity index (χ1n) is 6.30. The first kappa shape index (κ1) is 14.4. The molecule has 1 aliphatic heterocycles. The summed E-state index contributed by atoms with van der Waals surface area (Å²) >= 11 is 8.39. The predicted molar refractivity (Wildman–Crippen MR) is 80.8 cm³/mol. The second-order valence-electron chi connectivity index (χ2n) is 4.93. The van der Waals surface area contributed by atoms with Crippen molar-refractivity contribution in [1.29, 1.82) is 0 Å². The van der Waals surface area contributed by atoms with Gasteiger partial charge in [0, 0.05) is 19.5 Å². The first-order chi connectivity index (χ1) is 9.90. The molecule has 1 aliphatic rings. The molecule has 1 N–H and O–H groups in total. The fraction of sp³-hybridized carbons (Fsp3) is 0.308. The highest BCUT2D eigenvalue weighted by atomic mass is 79.9. The predicted octanol–water partition coefficient (Wildman–Crippen LogP) is 2.92. The average molecular weight is 372 g/mol. The Hall–Kier alpha value is -1.54. The molecule has 1 fully saturated rings. The Kier molecular flexibility index (Phi) is 3.45. The molecule has 2 heterocycles. The molecule has 0 aliphatic carbocycles. The second-order valence-corrected chi connectivity index (χ2v) is 6.17. The normalized spacial score (nSPS) is 19.6. The van der Waals surface area contributed by atoms with Gasteiger partial charge in [-0.15, -0.1) is 0 Å². The summed E-state index contributed by atoms with van der Waals surface area (Å²) in [5.41, 5.74) is 1.16. The zero-order valence-electron chi connectivity index (χ0n) is 11.0. The Morgan fingerprint density at radius 3 is 2.86 bits per heavy atom. The number of imide groups is 1. The molecule has 0 spiro atoms. The highest BCUT2D eigenvalue weighted by Gasteiger charge is 2.34. The molecular formula is C13H11BrFN3O2S. The summed E-state index contributed by atoms with van der Waals surface area (Å²) in [5.74, 6) is -0.910. The number of imidazole rings is 1. The van der Waals surface area contributed by atoms with Crippen molar-refractivity contribution in [3.05, 3.63) is 27.2 Å². The number of carbonyl (C=O) groups is 2. The number of carbonyl (C=O) groups excluding carboxylic acids is 2. The SMILES string of the molecule is CN1C(=O)CCC(n2c(=S)[nH]c3cc(F)c(Br)cc32)C1=O. The van der Waals surface area contributed by atoms with Gasteiger partial charge < -0.3 is 9.55 Å². The number of nitrogens with zero attached hydrogens (tertiary/aromatic N) is 2. The number of amides is 2.